The molecule has 2 unspecified atom stereocenters. The van der Waals surface area contributed by atoms with Gasteiger partial charge in [0.15, 0.2) is 0 Å². The summed E-state index contributed by atoms with van der Waals surface area (Å²) in [4.78, 5) is 10.1. The van der Waals surface area contributed by atoms with Gasteiger partial charge in [-0.3, -0.25) is 14.3 Å². The van der Waals surface area contributed by atoms with Crippen LogP contribution in [-0.4, -0.2) is 13.7 Å². The van der Waals surface area contributed by atoms with Gasteiger partial charge in [0.1, 0.15) is 16.4 Å². The van der Waals surface area contributed by atoms with E-state index in [4.69, 9.17) is 4.74 Å². The first-order valence-corrected chi connectivity index (χ1v) is 7.54. The summed E-state index contributed by atoms with van der Waals surface area (Å²) in [7, 11) is 0. The molecule has 0 saturated heterocycles. The molecule has 0 N–H and O–H groups in total. The van der Waals surface area contributed by atoms with Crippen molar-refractivity contribution in [3.05, 3.63) is 56.3 Å². The highest BCUT2D eigenvalue weighted by atomic mass is 32.2. The molecular weight excluding hydrogens is 302 g/mol. The Morgan fingerprint density at radius 2 is 1.95 bits per heavy atom. The van der Waals surface area contributed by atoms with Crippen LogP contribution in [0.25, 0.3) is 0 Å². The van der Waals surface area contributed by atoms with Crippen molar-refractivity contribution in [3.8, 4) is 11.5 Å². The van der Waals surface area contributed by atoms with Crippen molar-refractivity contribution in [1.82, 2.24) is 0 Å². The lowest BCUT2D eigenvalue weighted by Gasteiger charge is -2.13. The minimum absolute atomic E-state index is 0.0592. The Morgan fingerprint density at radius 3 is 2.50 bits per heavy atom. The second kappa shape index (κ2) is 6.12. The fraction of sp³-hybridized carbons (Fsp3) is 0.167. The summed E-state index contributed by atoms with van der Waals surface area (Å²) in [5, 5.41) is 10.6. The van der Waals surface area contributed by atoms with Gasteiger partial charge in [-0.1, -0.05) is 17.7 Å². The third-order valence-corrected chi connectivity index (χ3v) is 4.38. The van der Waals surface area contributed by atoms with Crippen LogP contribution in [0.2, 0.25) is 0 Å². The highest BCUT2D eigenvalue weighted by Gasteiger charge is 2.29. The molecule has 2 atom stereocenters. The van der Waals surface area contributed by atoms with E-state index in [9.17, 15) is 18.9 Å². The molecule has 1 heterocycles. The molecule has 0 radical (unpaired) electrons. The van der Waals surface area contributed by atoms with Crippen LogP contribution in [0.5, 0.6) is 11.5 Å². The Labute approximate surface area is 121 Å². The molecule has 2 rings (SSSR count). The van der Waals surface area contributed by atoms with Crippen molar-refractivity contribution in [2.24, 2.45) is 0 Å². The molecule has 2 aromatic rings. The average molecular weight is 312 g/mol. The number of benzene rings is 1. The number of hydrogen-bond donors (Lipinski definition) is 0. The van der Waals surface area contributed by atoms with E-state index in [2.05, 4.69) is 0 Å². The molecule has 0 fully saturated rings. The second-order valence-corrected chi connectivity index (χ2v) is 5.88. The number of nitro groups is 1. The lowest BCUT2D eigenvalue weighted by molar-refractivity contribution is -0.502. The zero-order valence-corrected chi connectivity index (χ0v) is 12.0. The zero-order valence-electron chi connectivity index (χ0n) is 10.3. The van der Waals surface area contributed by atoms with E-state index in [0.717, 1.165) is 16.9 Å². The fourth-order valence-corrected chi connectivity index (χ4v) is 3.16. The third-order valence-electron chi connectivity index (χ3n) is 2.50. The highest BCUT2D eigenvalue weighted by molar-refractivity contribution is 7.79. The maximum atomic E-state index is 11.0. The summed E-state index contributed by atoms with van der Waals surface area (Å²) in [5.74, 6) is 0.679. The molecule has 0 amide bonds. The number of aryl methyl sites for hydroxylation is 1. The molecule has 106 valence electrons. The molecule has 1 aromatic carbocycles. The van der Waals surface area contributed by atoms with Crippen molar-refractivity contribution in [2.45, 2.75) is 12.3 Å². The van der Waals surface area contributed by atoms with Crippen molar-refractivity contribution in [3.63, 3.8) is 0 Å². The normalized spacial score (nSPS) is 13.7. The van der Waals surface area contributed by atoms with E-state index in [1.807, 2.05) is 19.1 Å². The van der Waals surface area contributed by atoms with E-state index in [1.54, 1.807) is 17.5 Å². The van der Waals surface area contributed by atoms with E-state index in [-0.39, 0.29) is 10.6 Å². The molecule has 0 saturated carbocycles. The van der Waals surface area contributed by atoms with Crippen LogP contribution >= 0.6 is 11.3 Å². The van der Waals surface area contributed by atoms with Gasteiger partial charge in [0, 0.05) is 16.0 Å². The van der Waals surface area contributed by atoms with Crippen LogP contribution in [0, 0.1) is 17.0 Å². The largest absolute Gasteiger partial charge is 0.767 e. The minimum Gasteiger partial charge on any atom is -0.767 e. The molecule has 6 nitrogen and oxygen atoms in total. The van der Waals surface area contributed by atoms with Crippen LogP contribution in [0.4, 0.5) is 0 Å². The van der Waals surface area contributed by atoms with Gasteiger partial charge in [0.05, 0.1) is 0 Å². The first kappa shape index (κ1) is 14.6. The highest BCUT2D eigenvalue weighted by Crippen LogP contribution is 2.36. The van der Waals surface area contributed by atoms with Crippen LogP contribution in [0.15, 0.2) is 35.7 Å². The predicted molar refractivity (Wildman–Crippen MR) is 74.2 cm³/mol. The van der Waals surface area contributed by atoms with Gasteiger partial charge in [0.25, 0.3) is 0 Å². The van der Waals surface area contributed by atoms with Crippen molar-refractivity contribution >= 4 is 22.4 Å². The molecule has 20 heavy (non-hydrogen) atoms. The van der Waals surface area contributed by atoms with Crippen molar-refractivity contribution < 1.29 is 18.4 Å². The van der Waals surface area contributed by atoms with Gasteiger partial charge < -0.3 is 9.29 Å². The van der Waals surface area contributed by atoms with E-state index < -0.39 is 21.4 Å². The summed E-state index contributed by atoms with van der Waals surface area (Å²) in [6.45, 7) is 1.92. The lowest BCUT2D eigenvalue weighted by Crippen LogP contribution is -2.15. The summed E-state index contributed by atoms with van der Waals surface area (Å²) < 4.78 is 27.5. The first-order chi connectivity index (χ1) is 9.49. The van der Waals surface area contributed by atoms with Crippen LogP contribution in [0.1, 0.15) is 15.8 Å². The standard InChI is InChI=1S/C12H11NO5S2/c1-8-2-4-9(5-3-8)18-10-6-7-19-11(10)12(13(14)15)20(16)17/h2-7,12H,1H3,(H,16,17)/p-1. The third kappa shape index (κ3) is 3.21. The van der Waals surface area contributed by atoms with Gasteiger partial charge >= 0.3 is 5.37 Å². The van der Waals surface area contributed by atoms with Gasteiger partial charge in [-0.2, -0.15) is 0 Å². The number of ether oxygens (including phenoxy) is 1. The molecule has 0 bridgehead atoms. The number of nitrogens with zero attached hydrogens (tertiary/aromatic N) is 1. The van der Waals surface area contributed by atoms with Gasteiger partial charge in [0.2, 0.25) is 0 Å². The molecule has 0 aliphatic carbocycles. The number of hydrogen-bond acceptors (Lipinski definition) is 6. The number of thiophene rings is 1. The van der Waals surface area contributed by atoms with E-state index in [1.165, 1.54) is 6.07 Å². The smallest absolute Gasteiger partial charge is 0.311 e. The van der Waals surface area contributed by atoms with Crippen LogP contribution in [0.3, 0.4) is 0 Å². The van der Waals surface area contributed by atoms with Gasteiger partial charge in [-0.15, -0.1) is 11.3 Å². The molecule has 0 spiro atoms. The minimum atomic E-state index is -2.85. The summed E-state index contributed by atoms with van der Waals surface area (Å²) in [5.41, 5.74) is 1.05. The van der Waals surface area contributed by atoms with Crippen LogP contribution in [-0.2, 0) is 11.1 Å². The summed E-state index contributed by atoms with van der Waals surface area (Å²) >= 11 is -1.88. The molecule has 0 aliphatic rings. The maximum Gasteiger partial charge on any atom is 0.311 e. The lowest BCUT2D eigenvalue weighted by atomic mass is 10.2. The quantitative estimate of drug-likeness (QED) is 0.480. The van der Waals surface area contributed by atoms with E-state index >= 15 is 0 Å². The van der Waals surface area contributed by atoms with Crippen LogP contribution < -0.4 is 4.74 Å². The molecule has 0 aliphatic heterocycles. The summed E-state index contributed by atoms with van der Waals surface area (Å²) in [6, 6.07) is 8.61. The molecule has 8 heteroatoms. The van der Waals surface area contributed by atoms with Crippen molar-refractivity contribution in [2.75, 3.05) is 0 Å². The van der Waals surface area contributed by atoms with Gasteiger partial charge in [-0.05, 0) is 30.5 Å². The van der Waals surface area contributed by atoms with Gasteiger partial charge in [-0.25, -0.2) is 0 Å². The Hall–Kier alpha value is -1.77. The molecule has 1 aromatic heterocycles. The SMILES string of the molecule is Cc1ccc(Oc2ccsc2C([N+](=O)[O-])S(=O)[O-])cc1. The fourth-order valence-electron chi connectivity index (χ4n) is 1.56. The number of rotatable bonds is 5. The topological polar surface area (TPSA) is 92.5 Å². The Balaban J connectivity index is 2.30. The average Bonchev–Trinajstić information content (AvgIpc) is 2.79. The predicted octanol–water partition coefficient (Wildman–Crippen LogP) is 3.00. The second-order valence-electron chi connectivity index (χ2n) is 3.96. The zero-order chi connectivity index (χ0) is 14.7. The Bertz CT molecular complexity index is 624. The Morgan fingerprint density at radius 1 is 1.30 bits per heavy atom. The maximum absolute atomic E-state index is 11.0. The monoisotopic (exact) mass is 312 g/mol. The van der Waals surface area contributed by atoms with Crippen molar-refractivity contribution in [1.29, 1.82) is 0 Å². The van der Waals surface area contributed by atoms with E-state index in [0.29, 0.717) is 5.75 Å². The Kier molecular flexibility index (Phi) is 4.48. The first-order valence-electron chi connectivity index (χ1n) is 5.52. The summed E-state index contributed by atoms with van der Waals surface area (Å²) in [6.07, 6.45) is 0. The molecular formula is C12H10NO5S2-.